The summed E-state index contributed by atoms with van der Waals surface area (Å²) in [6.45, 7) is 2.64. The molecular weight excluding hydrogens is 386 g/mol. The summed E-state index contributed by atoms with van der Waals surface area (Å²) in [5.74, 6) is -0.00134. The van der Waals surface area contributed by atoms with Crippen molar-refractivity contribution < 1.29 is 4.79 Å². The average Bonchev–Trinajstić information content (AvgIpc) is 3.20. The number of benzene rings is 1. The minimum absolute atomic E-state index is 0.00134. The highest BCUT2D eigenvalue weighted by Crippen LogP contribution is 2.24. The van der Waals surface area contributed by atoms with Crippen molar-refractivity contribution in [2.24, 2.45) is 0 Å². The van der Waals surface area contributed by atoms with Gasteiger partial charge in [-0.2, -0.15) is 5.10 Å². The Balaban J connectivity index is 1.86. The molecule has 0 unspecified atom stereocenters. The molecule has 4 nitrogen and oxygen atoms in total. The Morgan fingerprint density at radius 3 is 2.62 bits per heavy atom. The number of nitrogens with zero attached hydrogens (tertiary/aromatic N) is 3. The van der Waals surface area contributed by atoms with Crippen molar-refractivity contribution in [1.82, 2.24) is 14.7 Å². The van der Waals surface area contributed by atoms with E-state index in [4.69, 9.17) is 0 Å². The molecule has 24 heavy (non-hydrogen) atoms. The zero-order valence-electron chi connectivity index (χ0n) is 13.6. The number of aromatic nitrogens is 2. The first-order valence-corrected chi connectivity index (χ1v) is 9.33. The largest absolute Gasteiger partial charge is 0.336 e. The van der Waals surface area contributed by atoms with Crippen LogP contribution in [0.2, 0.25) is 0 Å². The second-order valence-corrected chi connectivity index (χ2v) is 8.02. The maximum atomic E-state index is 12.8. The zero-order valence-corrected chi connectivity index (χ0v) is 16.0. The van der Waals surface area contributed by atoms with Gasteiger partial charge in [0.2, 0.25) is 0 Å². The van der Waals surface area contributed by atoms with Crippen molar-refractivity contribution in [3.8, 4) is 5.69 Å². The normalized spacial score (nSPS) is 10.8. The molecule has 0 aliphatic rings. The van der Waals surface area contributed by atoms with E-state index in [1.54, 1.807) is 22.4 Å². The molecule has 124 valence electrons. The number of amides is 1. The van der Waals surface area contributed by atoms with Crippen LogP contribution in [-0.2, 0) is 13.0 Å². The first-order chi connectivity index (χ1) is 11.6. The fourth-order valence-corrected chi connectivity index (χ4v) is 4.17. The van der Waals surface area contributed by atoms with Crippen LogP contribution in [0.5, 0.6) is 0 Å². The SMILES string of the molecule is CCc1c(C(=O)N(C)Cc2ccc(Br)s2)cnn1-c1ccccc1. The predicted molar refractivity (Wildman–Crippen MR) is 101 cm³/mol. The highest BCUT2D eigenvalue weighted by Gasteiger charge is 2.20. The minimum atomic E-state index is -0.00134. The van der Waals surface area contributed by atoms with Crippen LogP contribution < -0.4 is 0 Å². The van der Waals surface area contributed by atoms with E-state index in [0.29, 0.717) is 12.1 Å². The van der Waals surface area contributed by atoms with Crippen LogP contribution in [0.15, 0.2) is 52.4 Å². The molecule has 0 aliphatic carbocycles. The summed E-state index contributed by atoms with van der Waals surface area (Å²) < 4.78 is 2.92. The van der Waals surface area contributed by atoms with Crippen LogP contribution in [0.1, 0.15) is 27.9 Å². The number of rotatable bonds is 5. The lowest BCUT2D eigenvalue weighted by Gasteiger charge is -2.16. The Hall–Kier alpha value is -1.92. The Bertz CT molecular complexity index is 841. The number of carbonyl (C=O) groups is 1. The van der Waals surface area contributed by atoms with E-state index in [2.05, 4.69) is 21.0 Å². The molecule has 0 fully saturated rings. The fraction of sp³-hybridized carbons (Fsp3) is 0.222. The second-order valence-electron chi connectivity index (χ2n) is 5.47. The highest BCUT2D eigenvalue weighted by molar-refractivity contribution is 9.11. The molecule has 0 saturated carbocycles. The van der Waals surface area contributed by atoms with Gasteiger partial charge in [-0.25, -0.2) is 4.68 Å². The summed E-state index contributed by atoms with van der Waals surface area (Å²) in [6, 6.07) is 13.9. The van der Waals surface area contributed by atoms with Crippen LogP contribution in [0.3, 0.4) is 0 Å². The van der Waals surface area contributed by atoms with Gasteiger partial charge >= 0.3 is 0 Å². The van der Waals surface area contributed by atoms with Gasteiger partial charge in [-0.3, -0.25) is 4.79 Å². The van der Waals surface area contributed by atoms with Gasteiger partial charge in [-0.05, 0) is 46.6 Å². The topological polar surface area (TPSA) is 38.1 Å². The van der Waals surface area contributed by atoms with Gasteiger partial charge < -0.3 is 4.90 Å². The monoisotopic (exact) mass is 403 g/mol. The summed E-state index contributed by atoms with van der Waals surface area (Å²) >= 11 is 5.10. The number of hydrogen-bond donors (Lipinski definition) is 0. The van der Waals surface area contributed by atoms with Crippen LogP contribution in [-0.4, -0.2) is 27.6 Å². The molecule has 0 spiro atoms. The molecule has 3 rings (SSSR count). The average molecular weight is 404 g/mol. The van der Waals surface area contributed by atoms with E-state index in [1.807, 2.05) is 61.1 Å². The number of carbonyl (C=O) groups excluding carboxylic acids is 1. The van der Waals surface area contributed by atoms with Crippen molar-refractivity contribution in [3.63, 3.8) is 0 Å². The van der Waals surface area contributed by atoms with Crippen LogP contribution in [0.4, 0.5) is 0 Å². The van der Waals surface area contributed by atoms with Crippen LogP contribution >= 0.6 is 27.3 Å². The summed E-state index contributed by atoms with van der Waals surface area (Å²) in [7, 11) is 1.83. The zero-order chi connectivity index (χ0) is 17.1. The third kappa shape index (κ3) is 3.44. The molecule has 0 bridgehead atoms. The molecule has 1 amide bonds. The highest BCUT2D eigenvalue weighted by atomic mass is 79.9. The van der Waals surface area contributed by atoms with Crippen molar-refractivity contribution in [2.75, 3.05) is 7.05 Å². The van der Waals surface area contributed by atoms with E-state index >= 15 is 0 Å². The molecule has 6 heteroatoms. The Morgan fingerprint density at radius 1 is 1.25 bits per heavy atom. The summed E-state index contributed by atoms with van der Waals surface area (Å²) in [4.78, 5) is 15.7. The van der Waals surface area contributed by atoms with Gasteiger partial charge in [-0.1, -0.05) is 25.1 Å². The van der Waals surface area contributed by atoms with Crippen molar-refractivity contribution in [3.05, 3.63) is 68.6 Å². The molecule has 0 saturated heterocycles. The lowest BCUT2D eigenvalue weighted by atomic mass is 10.1. The van der Waals surface area contributed by atoms with Crippen molar-refractivity contribution >= 4 is 33.2 Å². The third-order valence-electron chi connectivity index (χ3n) is 3.80. The minimum Gasteiger partial charge on any atom is -0.336 e. The molecule has 1 aromatic carbocycles. The number of thiophene rings is 1. The molecular formula is C18H18BrN3OS. The van der Waals surface area contributed by atoms with Crippen LogP contribution in [0, 0.1) is 0 Å². The summed E-state index contributed by atoms with van der Waals surface area (Å²) in [5.41, 5.74) is 2.57. The number of halogens is 1. The van der Waals surface area contributed by atoms with Crippen molar-refractivity contribution in [2.45, 2.75) is 19.9 Å². The van der Waals surface area contributed by atoms with Crippen molar-refractivity contribution in [1.29, 1.82) is 0 Å². The standard InChI is InChI=1S/C18H18BrN3OS/c1-3-16-15(11-20-22(16)13-7-5-4-6-8-13)18(23)21(2)12-14-9-10-17(19)24-14/h4-11H,3,12H2,1-2H3. The van der Waals surface area contributed by atoms with Gasteiger partial charge in [0.1, 0.15) is 0 Å². The molecule has 3 aromatic rings. The lowest BCUT2D eigenvalue weighted by molar-refractivity contribution is 0.0785. The Kier molecular flexibility index (Phi) is 5.16. The van der Waals surface area contributed by atoms with E-state index in [-0.39, 0.29) is 5.91 Å². The van der Waals surface area contributed by atoms with E-state index in [9.17, 15) is 4.79 Å². The lowest BCUT2D eigenvalue weighted by Crippen LogP contribution is -2.26. The molecule has 0 radical (unpaired) electrons. The maximum absolute atomic E-state index is 12.8. The van der Waals surface area contributed by atoms with E-state index < -0.39 is 0 Å². The smallest absolute Gasteiger partial charge is 0.257 e. The van der Waals surface area contributed by atoms with E-state index in [0.717, 1.165) is 26.5 Å². The van der Waals surface area contributed by atoms with Gasteiger partial charge in [0.05, 0.1) is 33.5 Å². The molecule has 2 aromatic heterocycles. The molecule has 0 N–H and O–H groups in total. The third-order valence-corrected chi connectivity index (χ3v) is 5.41. The van der Waals surface area contributed by atoms with E-state index in [1.165, 1.54) is 0 Å². The fourth-order valence-electron chi connectivity index (χ4n) is 2.63. The summed E-state index contributed by atoms with van der Waals surface area (Å²) in [5, 5.41) is 4.44. The number of hydrogen-bond acceptors (Lipinski definition) is 3. The molecule has 0 atom stereocenters. The van der Waals surface area contributed by atoms with Gasteiger partial charge in [0.25, 0.3) is 5.91 Å². The molecule has 0 aliphatic heterocycles. The maximum Gasteiger partial charge on any atom is 0.257 e. The van der Waals surface area contributed by atoms with Gasteiger partial charge in [0.15, 0.2) is 0 Å². The molecule has 2 heterocycles. The van der Waals surface area contributed by atoms with Gasteiger partial charge in [-0.15, -0.1) is 11.3 Å². The predicted octanol–water partition coefficient (Wildman–Crippen LogP) is 4.53. The quantitative estimate of drug-likeness (QED) is 0.627. The second kappa shape index (κ2) is 7.32. The number of para-hydroxylation sites is 1. The first-order valence-electron chi connectivity index (χ1n) is 7.72. The first kappa shape index (κ1) is 16.9. The van der Waals surface area contributed by atoms with Gasteiger partial charge in [0, 0.05) is 11.9 Å². The Labute approximate surface area is 153 Å². The van der Waals surface area contributed by atoms with Crippen LogP contribution in [0.25, 0.3) is 5.69 Å². The summed E-state index contributed by atoms with van der Waals surface area (Å²) in [6.07, 6.45) is 2.42. The Morgan fingerprint density at radius 2 is 2.00 bits per heavy atom.